The highest BCUT2D eigenvalue weighted by molar-refractivity contribution is 5.96. The molecule has 238 valence electrons. The Balaban J connectivity index is 3.00. The average Bonchev–Trinajstić information content (AvgIpc) is 2.94. The number of aliphatic carboxylic acids is 2. The van der Waals surface area contributed by atoms with Gasteiger partial charge in [-0.05, 0) is 12.0 Å². The minimum atomic E-state index is -1.57. The van der Waals surface area contributed by atoms with Crippen LogP contribution >= 0.6 is 0 Å². The first-order chi connectivity index (χ1) is 20.4. The lowest BCUT2D eigenvalue weighted by Gasteiger charge is -2.24. The van der Waals surface area contributed by atoms with Gasteiger partial charge in [0.15, 0.2) is 0 Å². The molecule has 0 aliphatic heterocycles. The second kappa shape index (κ2) is 20.3. The highest BCUT2D eigenvalue weighted by Crippen LogP contribution is 2.07. The Hall–Kier alpha value is -4.57. The molecule has 1 aromatic carbocycles. The molecule has 0 saturated heterocycles. The van der Waals surface area contributed by atoms with Gasteiger partial charge in [0.2, 0.25) is 23.6 Å². The van der Waals surface area contributed by atoms with Crippen molar-refractivity contribution in [3.05, 3.63) is 35.9 Å². The number of hydrogen-bond donors (Lipinski definition) is 6. The van der Waals surface area contributed by atoms with Crippen LogP contribution in [0.3, 0.4) is 0 Å². The lowest BCUT2D eigenvalue weighted by Crippen LogP contribution is -2.57. The summed E-state index contributed by atoms with van der Waals surface area (Å²) in [5.74, 6) is -7.19. The summed E-state index contributed by atoms with van der Waals surface area (Å²) in [6.07, 6.45) is -2.37. The summed E-state index contributed by atoms with van der Waals surface area (Å²) in [5.41, 5.74) is 0.705. The molecule has 16 nitrogen and oxygen atoms in total. The first-order valence-electron chi connectivity index (χ1n) is 13.3. The van der Waals surface area contributed by atoms with Gasteiger partial charge in [-0.25, -0.2) is 0 Å². The van der Waals surface area contributed by atoms with E-state index in [1.807, 2.05) is 0 Å². The largest absolute Gasteiger partial charge is 0.481 e. The zero-order valence-corrected chi connectivity index (χ0v) is 24.0. The molecule has 1 rings (SSSR count). The normalized spacial score (nSPS) is 12.6. The van der Waals surface area contributed by atoms with Crippen LogP contribution in [0.2, 0.25) is 0 Å². The minimum absolute atomic E-state index is 0.00442. The predicted molar refractivity (Wildman–Crippen MR) is 147 cm³/mol. The highest BCUT2D eigenvalue weighted by Gasteiger charge is 2.31. The number of carboxylic acids is 2. The van der Waals surface area contributed by atoms with E-state index < -0.39 is 72.5 Å². The van der Waals surface area contributed by atoms with Crippen LogP contribution in [0.15, 0.2) is 30.3 Å². The molecular formula is C27H38N4O12. The summed E-state index contributed by atoms with van der Waals surface area (Å²) in [6, 6.07) is 4.07. The lowest BCUT2D eigenvalue weighted by atomic mass is 10.1. The Kier molecular flexibility index (Phi) is 17.2. The van der Waals surface area contributed by atoms with E-state index >= 15 is 0 Å². The Morgan fingerprint density at radius 3 is 1.93 bits per heavy atom. The lowest BCUT2D eigenvalue weighted by molar-refractivity contribution is -0.145. The molecule has 3 atom stereocenters. The van der Waals surface area contributed by atoms with Gasteiger partial charge in [0.05, 0.1) is 32.7 Å². The van der Waals surface area contributed by atoms with Gasteiger partial charge in [-0.2, -0.15) is 0 Å². The topological polar surface area (TPSA) is 236 Å². The summed E-state index contributed by atoms with van der Waals surface area (Å²) in [7, 11) is 1.49. The maximum atomic E-state index is 13.2. The zero-order valence-electron chi connectivity index (χ0n) is 24.0. The van der Waals surface area contributed by atoms with Crippen molar-refractivity contribution >= 4 is 41.5 Å². The summed E-state index contributed by atoms with van der Waals surface area (Å²) in [6.45, 7) is 1.68. The van der Waals surface area contributed by atoms with Crippen molar-refractivity contribution in [3.8, 4) is 0 Å². The van der Waals surface area contributed by atoms with Crippen LogP contribution in [-0.2, 0) is 54.4 Å². The third kappa shape index (κ3) is 16.5. The molecule has 0 fully saturated rings. The first kappa shape index (κ1) is 36.5. The molecule has 0 radical (unpaired) electrons. The fourth-order valence-electron chi connectivity index (χ4n) is 3.51. The van der Waals surface area contributed by atoms with Crippen molar-refractivity contribution in [2.75, 3.05) is 33.5 Å². The Labute approximate surface area is 247 Å². The molecule has 0 heterocycles. The van der Waals surface area contributed by atoms with Crippen molar-refractivity contribution in [1.29, 1.82) is 0 Å². The fourth-order valence-corrected chi connectivity index (χ4v) is 3.51. The van der Waals surface area contributed by atoms with Gasteiger partial charge in [0.25, 0.3) is 0 Å². The standard InChI is InChI=1S/C27H38N4O12/c1-17(32)29-21(15-23(35)36)27(40)30-19(8-9-24(37)43-16-18-6-4-3-5-7-18)26(39)31-20(14-22(33)34)25(38)28-10-11-42-13-12-41-2/h3-7,19-21H,8-16H2,1-2H3,(H,28,38)(H,29,32)(H,30,40)(H,31,39)(H,33,34)(H,35,36)/t19-,20+,21+/m1/s1. The summed E-state index contributed by atoms with van der Waals surface area (Å²) in [5, 5.41) is 27.5. The Bertz CT molecular complexity index is 1080. The summed E-state index contributed by atoms with van der Waals surface area (Å²) in [4.78, 5) is 85.2. The fraction of sp³-hybridized carbons (Fsp3) is 0.519. The number of nitrogens with one attached hydrogen (secondary N) is 4. The Morgan fingerprint density at radius 1 is 0.767 bits per heavy atom. The monoisotopic (exact) mass is 610 g/mol. The maximum absolute atomic E-state index is 13.2. The molecule has 6 N–H and O–H groups in total. The molecule has 16 heteroatoms. The second-order valence-corrected chi connectivity index (χ2v) is 9.15. The van der Waals surface area contributed by atoms with Crippen molar-refractivity contribution in [1.82, 2.24) is 21.3 Å². The third-order valence-corrected chi connectivity index (χ3v) is 5.57. The van der Waals surface area contributed by atoms with E-state index in [4.69, 9.17) is 19.3 Å². The highest BCUT2D eigenvalue weighted by atomic mass is 16.5. The van der Waals surface area contributed by atoms with E-state index in [0.29, 0.717) is 12.2 Å². The maximum Gasteiger partial charge on any atom is 0.306 e. The van der Waals surface area contributed by atoms with Crippen LogP contribution in [0.5, 0.6) is 0 Å². The number of ether oxygens (including phenoxy) is 3. The number of carboxylic acid groups (broad SMARTS) is 2. The molecule has 0 aliphatic rings. The second-order valence-electron chi connectivity index (χ2n) is 9.15. The van der Waals surface area contributed by atoms with E-state index in [-0.39, 0.29) is 39.2 Å². The molecule has 0 spiro atoms. The van der Waals surface area contributed by atoms with E-state index in [0.717, 1.165) is 6.92 Å². The number of benzene rings is 1. The number of hydrogen-bond acceptors (Lipinski definition) is 10. The molecule has 1 aromatic rings. The van der Waals surface area contributed by atoms with Crippen molar-refractivity contribution in [2.24, 2.45) is 0 Å². The number of amides is 4. The Morgan fingerprint density at radius 2 is 1.35 bits per heavy atom. The van der Waals surface area contributed by atoms with Crippen molar-refractivity contribution in [2.45, 2.75) is 57.3 Å². The minimum Gasteiger partial charge on any atom is -0.481 e. The smallest absolute Gasteiger partial charge is 0.306 e. The van der Waals surface area contributed by atoms with E-state index in [9.17, 15) is 38.7 Å². The van der Waals surface area contributed by atoms with Crippen LogP contribution in [0.1, 0.15) is 38.2 Å². The summed E-state index contributed by atoms with van der Waals surface area (Å²) < 4.78 is 15.2. The molecular weight excluding hydrogens is 572 g/mol. The van der Waals surface area contributed by atoms with Crippen LogP contribution in [0, 0.1) is 0 Å². The molecule has 0 aliphatic carbocycles. The average molecular weight is 611 g/mol. The third-order valence-electron chi connectivity index (χ3n) is 5.57. The predicted octanol–water partition coefficient (Wildman–Crippen LogP) is -1.29. The molecule has 4 amide bonds. The number of carbonyl (C=O) groups is 7. The molecule has 0 aromatic heterocycles. The van der Waals surface area contributed by atoms with Gasteiger partial charge in [-0.15, -0.1) is 0 Å². The van der Waals surface area contributed by atoms with E-state index in [1.165, 1.54) is 7.11 Å². The zero-order chi connectivity index (χ0) is 32.2. The molecule has 0 bridgehead atoms. The van der Waals surface area contributed by atoms with Gasteiger partial charge in [0, 0.05) is 27.0 Å². The van der Waals surface area contributed by atoms with Crippen molar-refractivity contribution in [3.63, 3.8) is 0 Å². The SMILES string of the molecule is COCCOCCNC(=O)[C@H](CC(=O)O)NC(=O)[C@@H](CCC(=O)OCc1ccccc1)NC(=O)[C@H](CC(=O)O)NC(C)=O. The number of rotatable bonds is 21. The first-order valence-corrected chi connectivity index (χ1v) is 13.3. The van der Waals surface area contributed by atoms with Gasteiger partial charge < -0.3 is 45.7 Å². The number of methoxy groups -OCH3 is 1. The number of esters is 1. The molecule has 43 heavy (non-hydrogen) atoms. The van der Waals surface area contributed by atoms with Gasteiger partial charge in [-0.3, -0.25) is 33.6 Å². The van der Waals surface area contributed by atoms with Crippen LogP contribution in [0.4, 0.5) is 0 Å². The van der Waals surface area contributed by atoms with Gasteiger partial charge in [0.1, 0.15) is 24.7 Å². The number of carbonyl (C=O) groups excluding carboxylic acids is 5. The van der Waals surface area contributed by atoms with Crippen LogP contribution in [-0.4, -0.2) is 103 Å². The van der Waals surface area contributed by atoms with Crippen molar-refractivity contribution < 1.29 is 58.0 Å². The van der Waals surface area contributed by atoms with Gasteiger partial charge >= 0.3 is 17.9 Å². The quantitative estimate of drug-likeness (QED) is 0.0705. The van der Waals surface area contributed by atoms with Crippen LogP contribution < -0.4 is 21.3 Å². The van der Waals surface area contributed by atoms with Gasteiger partial charge in [-0.1, -0.05) is 30.3 Å². The molecule has 0 unspecified atom stereocenters. The summed E-state index contributed by atoms with van der Waals surface area (Å²) >= 11 is 0. The molecule has 0 saturated carbocycles. The van der Waals surface area contributed by atoms with E-state index in [2.05, 4.69) is 21.3 Å². The van der Waals surface area contributed by atoms with Crippen LogP contribution in [0.25, 0.3) is 0 Å². The van der Waals surface area contributed by atoms with E-state index in [1.54, 1.807) is 30.3 Å².